The van der Waals surface area contributed by atoms with Crippen molar-refractivity contribution in [3.05, 3.63) is 65.2 Å². The van der Waals surface area contributed by atoms with Gasteiger partial charge < -0.3 is 30.1 Å². The normalized spacial score (nSPS) is 12.7. The molecule has 0 aliphatic heterocycles. The topological polar surface area (TPSA) is 134 Å². The van der Waals surface area contributed by atoms with Gasteiger partial charge in [0.1, 0.15) is 23.4 Å². The number of amides is 3. The number of nitrogens with zero attached hydrogens (tertiary/aromatic N) is 1. The lowest BCUT2D eigenvalue weighted by atomic mass is 9.97. The van der Waals surface area contributed by atoms with E-state index in [1.54, 1.807) is 60.6 Å². The van der Waals surface area contributed by atoms with Crippen LogP contribution >= 0.6 is 0 Å². The number of hydrogen-bond donors (Lipinski definition) is 3. The SMILES string of the molecule is CCOC(=O)CCNC(=O)C(c1ccc(O)c(C)c1)N(C(=O)C(Cc1ccccc1)NC(=O)OC(C)(C)C)C(C)C. The Kier molecular flexibility index (Phi) is 12.2. The maximum atomic E-state index is 14.3. The number of rotatable bonds is 12. The second-order valence-corrected chi connectivity index (χ2v) is 11.0. The number of carbonyl (C=O) groups is 4. The maximum Gasteiger partial charge on any atom is 0.408 e. The average Bonchev–Trinajstić information content (AvgIpc) is 2.87. The Morgan fingerprint density at radius 1 is 1.02 bits per heavy atom. The molecule has 10 heteroatoms. The molecule has 2 rings (SSSR count). The summed E-state index contributed by atoms with van der Waals surface area (Å²) in [7, 11) is 0. The van der Waals surface area contributed by atoms with Gasteiger partial charge >= 0.3 is 12.1 Å². The molecule has 0 heterocycles. The number of hydrogen-bond acceptors (Lipinski definition) is 7. The molecule has 41 heavy (non-hydrogen) atoms. The third-order valence-corrected chi connectivity index (χ3v) is 6.08. The molecule has 0 aliphatic rings. The van der Waals surface area contributed by atoms with Gasteiger partial charge in [0.2, 0.25) is 11.8 Å². The van der Waals surface area contributed by atoms with Crippen molar-refractivity contribution in [1.29, 1.82) is 0 Å². The highest BCUT2D eigenvalue weighted by Crippen LogP contribution is 2.29. The largest absolute Gasteiger partial charge is 0.508 e. The Labute approximate surface area is 242 Å². The summed E-state index contributed by atoms with van der Waals surface area (Å²) in [5, 5.41) is 15.6. The van der Waals surface area contributed by atoms with E-state index in [0.29, 0.717) is 11.1 Å². The molecule has 2 aromatic carbocycles. The summed E-state index contributed by atoms with van der Waals surface area (Å²) in [6, 6.07) is 11.3. The second-order valence-electron chi connectivity index (χ2n) is 11.0. The van der Waals surface area contributed by atoms with Gasteiger partial charge in [-0.1, -0.05) is 36.4 Å². The van der Waals surface area contributed by atoms with Crippen LogP contribution in [0.25, 0.3) is 0 Å². The van der Waals surface area contributed by atoms with Gasteiger partial charge in [-0.25, -0.2) is 4.79 Å². The van der Waals surface area contributed by atoms with Gasteiger partial charge in [0, 0.05) is 19.0 Å². The Morgan fingerprint density at radius 2 is 1.68 bits per heavy atom. The van der Waals surface area contributed by atoms with Gasteiger partial charge in [-0.3, -0.25) is 14.4 Å². The molecule has 0 saturated carbocycles. The van der Waals surface area contributed by atoms with Gasteiger partial charge in [-0.15, -0.1) is 0 Å². The molecule has 0 aliphatic carbocycles. The fourth-order valence-electron chi connectivity index (χ4n) is 4.26. The minimum Gasteiger partial charge on any atom is -0.508 e. The Bertz CT molecular complexity index is 1190. The molecule has 0 bridgehead atoms. The number of ether oxygens (including phenoxy) is 2. The van der Waals surface area contributed by atoms with Crippen molar-refractivity contribution in [3.8, 4) is 5.75 Å². The van der Waals surface area contributed by atoms with Crippen molar-refractivity contribution in [2.24, 2.45) is 0 Å². The van der Waals surface area contributed by atoms with Crippen LogP contribution < -0.4 is 10.6 Å². The van der Waals surface area contributed by atoms with Crippen LogP contribution in [0.2, 0.25) is 0 Å². The maximum absolute atomic E-state index is 14.3. The molecule has 3 N–H and O–H groups in total. The Morgan fingerprint density at radius 3 is 2.24 bits per heavy atom. The molecule has 0 spiro atoms. The first-order chi connectivity index (χ1) is 19.2. The first kappa shape index (κ1) is 33.1. The molecule has 3 amide bonds. The summed E-state index contributed by atoms with van der Waals surface area (Å²) in [5.74, 6) is -1.42. The molecule has 0 saturated heterocycles. The van der Waals surface area contributed by atoms with E-state index in [4.69, 9.17) is 9.47 Å². The first-order valence-corrected chi connectivity index (χ1v) is 13.8. The summed E-state index contributed by atoms with van der Waals surface area (Å²) in [6.45, 7) is 12.4. The van der Waals surface area contributed by atoms with Crippen LogP contribution in [-0.2, 0) is 30.3 Å². The second kappa shape index (κ2) is 15.1. The van der Waals surface area contributed by atoms with Crippen molar-refractivity contribution in [2.45, 2.75) is 85.0 Å². The summed E-state index contributed by atoms with van der Waals surface area (Å²) < 4.78 is 10.4. The van der Waals surface area contributed by atoms with Crippen molar-refractivity contribution < 1.29 is 33.8 Å². The first-order valence-electron chi connectivity index (χ1n) is 13.8. The molecular formula is C31H43N3O7. The van der Waals surface area contributed by atoms with Gasteiger partial charge in [0.05, 0.1) is 13.0 Å². The summed E-state index contributed by atoms with van der Waals surface area (Å²) in [6.07, 6.45) is -0.632. The number of carbonyl (C=O) groups excluding carboxylic acids is 4. The number of aromatic hydroxyl groups is 1. The molecule has 10 nitrogen and oxygen atoms in total. The summed E-state index contributed by atoms with van der Waals surface area (Å²) in [5.41, 5.74) is 1.01. The van der Waals surface area contributed by atoms with E-state index in [1.807, 2.05) is 30.3 Å². The van der Waals surface area contributed by atoms with Gasteiger partial charge in [-0.2, -0.15) is 0 Å². The fourth-order valence-corrected chi connectivity index (χ4v) is 4.26. The van der Waals surface area contributed by atoms with Crippen molar-refractivity contribution in [3.63, 3.8) is 0 Å². The van der Waals surface area contributed by atoms with Crippen LogP contribution in [0.4, 0.5) is 4.79 Å². The number of benzene rings is 2. The van der Waals surface area contributed by atoms with Gasteiger partial charge in [-0.05, 0) is 77.3 Å². The number of phenols is 1. The van der Waals surface area contributed by atoms with Crippen LogP contribution in [-0.4, -0.2) is 64.7 Å². The van der Waals surface area contributed by atoms with E-state index in [1.165, 1.54) is 11.0 Å². The third kappa shape index (κ3) is 10.4. The summed E-state index contributed by atoms with van der Waals surface area (Å²) >= 11 is 0. The number of aryl methyl sites for hydroxylation is 1. The molecule has 2 atom stereocenters. The van der Waals surface area contributed by atoms with E-state index in [0.717, 1.165) is 5.56 Å². The quantitative estimate of drug-likeness (QED) is 0.327. The molecular weight excluding hydrogens is 526 g/mol. The highest BCUT2D eigenvalue weighted by Gasteiger charge is 2.38. The fraction of sp³-hybridized carbons (Fsp3) is 0.484. The van der Waals surface area contributed by atoms with Crippen LogP contribution in [0.1, 0.15) is 70.7 Å². The van der Waals surface area contributed by atoms with Crippen molar-refractivity contribution >= 4 is 23.9 Å². The molecule has 2 unspecified atom stereocenters. The smallest absolute Gasteiger partial charge is 0.408 e. The molecule has 0 radical (unpaired) electrons. The number of esters is 1. The average molecular weight is 570 g/mol. The number of phenolic OH excluding ortho intramolecular Hbond substituents is 1. The number of nitrogens with one attached hydrogen (secondary N) is 2. The van der Waals surface area contributed by atoms with Gasteiger partial charge in [0.15, 0.2) is 0 Å². The zero-order valence-corrected chi connectivity index (χ0v) is 25.0. The molecule has 0 aromatic heterocycles. The van der Waals surface area contributed by atoms with E-state index in [2.05, 4.69) is 10.6 Å². The highest BCUT2D eigenvalue weighted by atomic mass is 16.6. The lowest BCUT2D eigenvalue weighted by molar-refractivity contribution is -0.145. The van der Waals surface area contributed by atoms with Crippen molar-refractivity contribution in [2.75, 3.05) is 13.2 Å². The monoisotopic (exact) mass is 569 g/mol. The lowest BCUT2D eigenvalue weighted by Gasteiger charge is -2.37. The molecule has 2 aromatic rings. The van der Waals surface area contributed by atoms with Crippen LogP contribution in [0.15, 0.2) is 48.5 Å². The molecule has 0 fully saturated rings. The Balaban J connectivity index is 2.50. The minimum atomic E-state index is -1.12. The predicted octanol–water partition coefficient (Wildman–Crippen LogP) is 4.18. The van der Waals surface area contributed by atoms with E-state index in [9.17, 15) is 24.3 Å². The van der Waals surface area contributed by atoms with E-state index < -0.39 is 47.6 Å². The van der Waals surface area contributed by atoms with Crippen LogP contribution in [0.5, 0.6) is 5.75 Å². The lowest BCUT2D eigenvalue weighted by Crippen LogP contribution is -2.55. The van der Waals surface area contributed by atoms with Crippen molar-refractivity contribution in [1.82, 2.24) is 15.5 Å². The standard InChI is InChI=1S/C31H43N3O7/c1-8-40-26(36)16-17-32-28(37)27(23-14-15-25(35)21(4)18-23)34(20(2)3)29(38)24(19-22-12-10-9-11-13-22)33-30(39)41-31(5,6)7/h9-15,18,20,24,27,35H,8,16-17,19H2,1-7H3,(H,32,37)(H,33,39). The molecule has 224 valence electrons. The van der Waals surface area contributed by atoms with E-state index >= 15 is 0 Å². The van der Waals surface area contributed by atoms with Crippen LogP contribution in [0, 0.1) is 6.92 Å². The zero-order valence-electron chi connectivity index (χ0n) is 25.0. The Hall–Kier alpha value is -4.08. The van der Waals surface area contributed by atoms with E-state index in [-0.39, 0.29) is 31.7 Å². The predicted molar refractivity (Wildman–Crippen MR) is 155 cm³/mol. The number of alkyl carbamates (subject to hydrolysis) is 1. The van der Waals surface area contributed by atoms with Crippen LogP contribution in [0.3, 0.4) is 0 Å². The summed E-state index contributed by atoms with van der Waals surface area (Å²) in [4.78, 5) is 54.0. The zero-order chi connectivity index (χ0) is 30.7. The highest BCUT2D eigenvalue weighted by molar-refractivity contribution is 5.92. The van der Waals surface area contributed by atoms with Gasteiger partial charge in [0.25, 0.3) is 0 Å². The third-order valence-electron chi connectivity index (χ3n) is 6.08. The minimum absolute atomic E-state index is 0.00889.